The molecule has 1 aliphatic rings. The Labute approximate surface area is 115 Å². The second-order valence-corrected chi connectivity index (χ2v) is 5.57. The minimum atomic E-state index is 0.0907. The largest absolute Gasteiger partial charge is 0.493 e. The summed E-state index contributed by atoms with van der Waals surface area (Å²) < 4.78 is 10.7. The maximum Gasteiger partial charge on any atom is 0.161 e. The Morgan fingerprint density at radius 3 is 2.32 bits per heavy atom. The minimum Gasteiger partial charge on any atom is -0.493 e. The number of benzene rings is 1. The molecule has 1 aromatic carbocycles. The van der Waals surface area contributed by atoms with E-state index in [0.29, 0.717) is 5.92 Å². The summed E-state index contributed by atoms with van der Waals surface area (Å²) in [5.41, 5.74) is 8.82. The van der Waals surface area contributed by atoms with Gasteiger partial charge in [0.2, 0.25) is 0 Å². The highest BCUT2D eigenvalue weighted by Crippen LogP contribution is 2.34. The van der Waals surface area contributed by atoms with Gasteiger partial charge in [0, 0.05) is 19.5 Å². The van der Waals surface area contributed by atoms with Crippen LogP contribution in [0.4, 0.5) is 0 Å². The normalized spacial score (nSPS) is 19.4. The van der Waals surface area contributed by atoms with Crippen LogP contribution in [-0.2, 0) is 13.0 Å². The monoisotopic (exact) mass is 264 g/mol. The Kier molecular flexibility index (Phi) is 4.32. The molecule has 0 aliphatic carbocycles. The first-order valence-electron chi connectivity index (χ1n) is 6.78. The van der Waals surface area contributed by atoms with Crippen LogP contribution in [0.1, 0.15) is 25.0 Å². The molecule has 1 aliphatic heterocycles. The molecule has 106 valence electrons. The van der Waals surface area contributed by atoms with E-state index in [1.54, 1.807) is 14.2 Å². The second-order valence-electron chi connectivity index (χ2n) is 5.57. The van der Waals surface area contributed by atoms with E-state index in [4.69, 9.17) is 15.2 Å². The molecule has 19 heavy (non-hydrogen) atoms. The zero-order chi connectivity index (χ0) is 14.0. The molecule has 2 N–H and O–H groups in total. The molecule has 1 heterocycles. The van der Waals surface area contributed by atoms with Crippen molar-refractivity contribution in [1.82, 2.24) is 4.90 Å². The van der Waals surface area contributed by atoms with Gasteiger partial charge in [0.15, 0.2) is 11.5 Å². The van der Waals surface area contributed by atoms with Crippen molar-refractivity contribution in [3.8, 4) is 11.5 Å². The van der Waals surface area contributed by atoms with Crippen molar-refractivity contribution in [3.05, 3.63) is 23.3 Å². The summed E-state index contributed by atoms with van der Waals surface area (Å²) >= 11 is 0. The fourth-order valence-electron chi connectivity index (χ4n) is 2.66. The van der Waals surface area contributed by atoms with Gasteiger partial charge in [-0.15, -0.1) is 0 Å². The predicted octanol–water partition coefficient (Wildman–Crippen LogP) is 2.00. The first-order chi connectivity index (χ1) is 9.05. The third kappa shape index (κ3) is 3.01. The number of rotatable bonds is 4. The van der Waals surface area contributed by atoms with Gasteiger partial charge >= 0.3 is 0 Å². The van der Waals surface area contributed by atoms with Crippen LogP contribution in [0, 0.1) is 5.92 Å². The van der Waals surface area contributed by atoms with Crippen molar-refractivity contribution in [3.63, 3.8) is 0 Å². The molecule has 4 heteroatoms. The van der Waals surface area contributed by atoms with Crippen LogP contribution < -0.4 is 15.2 Å². The summed E-state index contributed by atoms with van der Waals surface area (Å²) in [6, 6.07) is 4.13. The van der Waals surface area contributed by atoms with Gasteiger partial charge in [0.05, 0.1) is 20.4 Å². The van der Waals surface area contributed by atoms with Gasteiger partial charge in [-0.2, -0.15) is 0 Å². The molecule has 0 fully saturated rings. The Morgan fingerprint density at radius 2 is 1.79 bits per heavy atom. The molecule has 0 radical (unpaired) electrons. The number of nitrogens with two attached hydrogens (primary N) is 1. The molecular weight excluding hydrogens is 240 g/mol. The molecule has 0 aromatic heterocycles. The number of hydrogen-bond donors (Lipinski definition) is 1. The van der Waals surface area contributed by atoms with E-state index in [1.807, 2.05) is 0 Å². The molecule has 4 nitrogen and oxygen atoms in total. The van der Waals surface area contributed by atoms with Gasteiger partial charge in [0.1, 0.15) is 0 Å². The Hall–Kier alpha value is -1.26. The zero-order valence-corrected chi connectivity index (χ0v) is 12.3. The number of ether oxygens (including phenoxy) is 2. The topological polar surface area (TPSA) is 47.7 Å². The molecule has 0 amide bonds. The fourth-order valence-corrected chi connectivity index (χ4v) is 2.66. The number of nitrogens with zero attached hydrogens (tertiary/aromatic N) is 1. The highest BCUT2D eigenvalue weighted by molar-refractivity contribution is 5.48. The SMILES string of the molecule is COc1cc2c(cc1OC)CN(CC(C)C)C(N)C2. The number of methoxy groups -OCH3 is 2. The summed E-state index contributed by atoms with van der Waals surface area (Å²) in [5, 5.41) is 0. The van der Waals surface area contributed by atoms with Crippen LogP contribution in [0.5, 0.6) is 11.5 Å². The molecule has 0 saturated carbocycles. The summed E-state index contributed by atoms with van der Waals surface area (Å²) in [6.45, 7) is 6.34. The summed E-state index contributed by atoms with van der Waals surface area (Å²) in [4.78, 5) is 2.33. The van der Waals surface area contributed by atoms with Crippen LogP contribution >= 0.6 is 0 Å². The van der Waals surface area contributed by atoms with E-state index in [0.717, 1.165) is 31.0 Å². The van der Waals surface area contributed by atoms with Gasteiger partial charge in [-0.05, 0) is 29.2 Å². The van der Waals surface area contributed by atoms with E-state index in [-0.39, 0.29) is 6.17 Å². The summed E-state index contributed by atoms with van der Waals surface area (Å²) in [7, 11) is 3.34. The van der Waals surface area contributed by atoms with Gasteiger partial charge in [-0.1, -0.05) is 13.8 Å². The van der Waals surface area contributed by atoms with Crippen molar-refractivity contribution < 1.29 is 9.47 Å². The van der Waals surface area contributed by atoms with Crippen LogP contribution in [-0.4, -0.2) is 31.8 Å². The molecule has 1 unspecified atom stereocenters. The lowest BCUT2D eigenvalue weighted by Gasteiger charge is -2.36. The first kappa shape index (κ1) is 14.2. The summed E-state index contributed by atoms with van der Waals surface area (Å²) in [6.07, 6.45) is 0.954. The molecule has 0 saturated heterocycles. The van der Waals surface area contributed by atoms with E-state index in [2.05, 4.69) is 30.9 Å². The van der Waals surface area contributed by atoms with Crippen LogP contribution in [0.25, 0.3) is 0 Å². The number of fused-ring (bicyclic) bond motifs is 1. The molecule has 0 spiro atoms. The lowest BCUT2D eigenvalue weighted by molar-refractivity contribution is 0.155. The number of hydrogen-bond acceptors (Lipinski definition) is 4. The third-order valence-electron chi connectivity index (χ3n) is 3.58. The van der Waals surface area contributed by atoms with Gasteiger partial charge in [-0.3, -0.25) is 4.90 Å². The van der Waals surface area contributed by atoms with Gasteiger partial charge < -0.3 is 15.2 Å². The predicted molar refractivity (Wildman–Crippen MR) is 76.5 cm³/mol. The standard InChI is InChI=1S/C15H24N2O2/c1-10(2)8-17-9-12-6-14(19-4)13(18-3)5-11(12)7-15(17)16/h5-6,10,15H,7-9,16H2,1-4H3. The maximum atomic E-state index is 6.26. The highest BCUT2D eigenvalue weighted by atomic mass is 16.5. The van der Waals surface area contributed by atoms with Crippen LogP contribution in [0.3, 0.4) is 0 Å². The van der Waals surface area contributed by atoms with Gasteiger partial charge in [0.25, 0.3) is 0 Å². The molecule has 1 atom stereocenters. The van der Waals surface area contributed by atoms with Crippen molar-refractivity contribution in [2.45, 2.75) is 33.0 Å². The molecule has 0 bridgehead atoms. The van der Waals surface area contributed by atoms with E-state index in [9.17, 15) is 0 Å². The van der Waals surface area contributed by atoms with Crippen molar-refractivity contribution >= 4 is 0 Å². The van der Waals surface area contributed by atoms with E-state index < -0.39 is 0 Å². The highest BCUT2D eigenvalue weighted by Gasteiger charge is 2.25. The fraction of sp³-hybridized carbons (Fsp3) is 0.600. The smallest absolute Gasteiger partial charge is 0.161 e. The van der Waals surface area contributed by atoms with E-state index in [1.165, 1.54) is 11.1 Å². The average Bonchev–Trinajstić information content (AvgIpc) is 2.37. The molecular formula is C15H24N2O2. The van der Waals surface area contributed by atoms with Gasteiger partial charge in [-0.25, -0.2) is 0 Å². The molecule has 1 aromatic rings. The first-order valence-corrected chi connectivity index (χ1v) is 6.78. The molecule has 2 rings (SSSR count). The Morgan fingerprint density at radius 1 is 1.21 bits per heavy atom. The third-order valence-corrected chi connectivity index (χ3v) is 3.58. The quantitative estimate of drug-likeness (QED) is 0.903. The van der Waals surface area contributed by atoms with E-state index >= 15 is 0 Å². The zero-order valence-electron chi connectivity index (χ0n) is 12.3. The minimum absolute atomic E-state index is 0.0907. The maximum absolute atomic E-state index is 6.26. The van der Waals surface area contributed by atoms with Crippen LogP contribution in [0.2, 0.25) is 0 Å². The Balaban J connectivity index is 2.28. The lowest BCUT2D eigenvalue weighted by Crippen LogP contribution is -2.47. The second kappa shape index (κ2) is 5.80. The van der Waals surface area contributed by atoms with Crippen molar-refractivity contribution in [2.24, 2.45) is 11.7 Å². The average molecular weight is 264 g/mol. The van der Waals surface area contributed by atoms with Crippen LogP contribution in [0.15, 0.2) is 12.1 Å². The summed E-state index contributed by atoms with van der Waals surface area (Å²) in [5.74, 6) is 2.19. The van der Waals surface area contributed by atoms with Crippen molar-refractivity contribution in [2.75, 3.05) is 20.8 Å². The lowest BCUT2D eigenvalue weighted by atomic mass is 9.96. The Bertz CT molecular complexity index is 446. The van der Waals surface area contributed by atoms with Crippen molar-refractivity contribution in [1.29, 1.82) is 0 Å².